The minimum absolute atomic E-state index is 0.262. The lowest BCUT2D eigenvalue weighted by Crippen LogP contribution is -3.03. The van der Waals surface area contributed by atoms with Crippen LogP contribution >= 0.6 is 0 Å². The van der Waals surface area contributed by atoms with E-state index in [2.05, 4.69) is 534 Å². The fraction of sp³-hybridized carbons (Fsp3) is 0. The van der Waals surface area contributed by atoms with Crippen molar-refractivity contribution in [2.24, 2.45) is 0 Å². The molecule has 0 N–H and O–H groups in total. The Hall–Kier alpha value is 8.90. The fourth-order valence-electron chi connectivity index (χ4n) is 40.5. The van der Waals surface area contributed by atoms with Gasteiger partial charge < -0.3 is 0 Å². The maximum absolute atomic E-state index is 2.95. The molecule has 0 aromatic rings. The molecule has 0 heterocycles. The van der Waals surface area contributed by atoms with Gasteiger partial charge in [0, 0.05) is 435 Å². The maximum Gasteiger partial charge on any atom is 0.0593 e. The van der Waals surface area contributed by atoms with Crippen LogP contribution in [0.15, 0.2) is 0 Å². The second-order valence-corrected chi connectivity index (χ2v) is 61.8. The van der Waals surface area contributed by atoms with Crippen molar-refractivity contribution < 1.29 is 0 Å². The van der Waals surface area contributed by atoms with Crippen LogP contribution in [-0.4, -0.2) is 969 Å². The van der Waals surface area contributed by atoms with E-state index in [1.54, 1.807) is 0 Å². The highest BCUT2D eigenvalue weighted by Gasteiger charge is 2.73. The van der Waals surface area contributed by atoms with E-state index in [-0.39, 0.29) is 12.8 Å². The summed E-state index contributed by atoms with van der Waals surface area (Å²) in [5.74, 6) is 0. The third-order valence-electron chi connectivity index (χ3n) is 41.0. The number of rotatable bonds is 67. The monoisotopic (exact) mass is 1650 g/mol. The van der Waals surface area contributed by atoms with Gasteiger partial charge in [-0.25, -0.2) is 0 Å². The van der Waals surface area contributed by atoms with E-state index in [0.29, 0.717) is 415 Å². The molecule has 0 atom stereocenters. The van der Waals surface area contributed by atoms with Crippen LogP contribution in [0.4, 0.5) is 0 Å². The van der Waals surface area contributed by atoms with Gasteiger partial charge in [0.2, 0.25) is 0 Å². The number of hydrogen-bond donors (Lipinski definition) is 0. The maximum atomic E-state index is 2.95. The smallest absolute Gasteiger partial charge is 0.0000000932 e. The zero-order chi connectivity index (χ0) is 108. The quantitative estimate of drug-likeness (QED) is 0.0533. The van der Waals surface area contributed by atoms with E-state index in [0.717, 1.165) is 0 Å². The lowest BCUT2D eigenvalue weighted by molar-refractivity contribution is 3.10. The SMILES string of the molecule is BBB(B(B)B)B(B(B)B)B(B(B(B(B)B)B(B)B)B(B(B)B)B(B)B)B(B(B(B(B)B)B(B)B)B(B(B)B)B(B)B)B(B(B(B(B(B)B)B(B)B)B(B(B)B)B(B)B)B(B(B(B)B)B(B)B)B(B(B)B)B(B)B)B(B(B(B(B(B)B)B(B)B)B(B(B)B)B(B)B)B(B(B(B)B)B(B)B)B(B(B)B)B(B)B)B(B(B(B(B)B)B(B)B)B(B(B)B)B(B)B)B(B(B(B)B)B(B)B)B(B(B)B)B(B)B. The Kier molecular flexibility index (Phi) is 71.8. The van der Waals surface area contributed by atoms with E-state index >= 15 is 0 Å². The Morgan fingerprint density at radius 3 is 0.161 bits per heavy atom. The van der Waals surface area contributed by atoms with E-state index in [1.165, 1.54) is 7.06 Å². The van der Waals surface area contributed by atoms with E-state index in [1.807, 2.05) is 0 Å². The zero-order valence-corrected chi connectivity index (χ0v) is 108. The summed E-state index contributed by atoms with van der Waals surface area (Å²) in [7, 11) is 200. The predicted molar refractivity (Wildman–Crippen MR) is 982 cm³/mol. The van der Waals surface area contributed by atoms with Crippen molar-refractivity contribution in [2.75, 3.05) is 0 Å². The Morgan fingerprint density at radius 1 is 0.0657 bits per heavy atom. The van der Waals surface area contributed by atoms with Gasteiger partial charge in [-0.15, -0.1) is 0 Å². The van der Waals surface area contributed by atoms with Gasteiger partial charge in [0.15, 0.2) is 0 Å². The van der Waals surface area contributed by atoms with Gasteiger partial charge >= 0.3 is 0 Å². The highest BCUT2D eigenvalue weighted by atomic mass is 13.5. The largest absolute Gasteiger partial charge is 0.0593 e. The van der Waals surface area contributed by atoms with Crippen LogP contribution in [-0.2, 0) is 0 Å². The molecule has 0 aliphatic heterocycles. The van der Waals surface area contributed by atoms with Gasteiger partial charge in [-0.2, -0.15) is 0 Å². The molecule has 0 aromatic carbocycles. The van der Waals surface area contributed by atoms with Crippen LogP contribution in [0, 0.1) is 0 Å². The molecule has 0 nitrogen and oxygen atoms in total. The molecule has 0 amide bonds. The molecule has 137 heteroatoms. The molecule has 550 valence electrons. The first-order valence-corrected chi connectivity index (χ1v) is 62.4. The molecule has 0 radical (unpaired) electrons. The molecular weight excluding hydrogens is 1480 g/mol. The van der Waals surface area contributed by atoms with Crippen LogP contribution in [0.2, 0.25) is 0 Å². The van der Waals surface area contributed by atoms with Crippen LogP contribution in [0.3, 0.4) is 0 Å². The predicted octanol–water partition coefficient (Wildman–Crippen LogP) is -89.4. The van der Waals surface area contributed by atoms with Crippen molar-refractivity contribution in [3.63, 3.8) is 0 Å². The average molecular weight is 1620 g/mol. The molecule has 0 unspecified atom stereocenters. The summed E-state index contributed by atoms with van der Waals surface area (Å²) in [4.78, 5) is 0. The first-order chi connectivity index (χ1) is 62.4. The van der Waals surface area contributed by atoms with Crippen molar-refractivity contribution in [3.05, 3.63) is 0 Å². The Labute approximate surface area is 958 Å². The average Bonchev–Trinajstić information content (AvgIpc) is 0.696. The summed E-state index contributed by atoms with van der Waals surface area (Å²) in [6.45, 7) is 0. The molecule has 0 fully saturated rings. The normalized spacial score (nSPS) is 9.87. The molecular formula is H139B137. The molecule has 0 aliphatic rings. The van der Waals surface area contributed by atoms with Crippen molar-refractivity contribution in [1.82, 2.24) is 0 Å². The summed E-state index contributed by atoms with van der Waals surface area (Å²) >= 11 is 0. The van der Waals surface area contributed by atoms with Gasteiger partial charge in [-0.3, -0.25) is 0 Å². The topological polar surface area (TPSA) is 0 Å². The Balaban J connectivity index is 18.1. The van der Waals surface area contributed by atoms with Crippen molar-refractivity contribution >= 4 is 969 Å². The van der Waals surface area contributed by atoms with Gasteiger partial charge in [0.05, 0.1) is 534 Å². The highest BCUT2D eigenvalue weighted by Crippen LogP contribution is 2.34. The molecule has 0 spiro atoms. The molecule has 0 bridgehead atoms. The van der Waals surface area contributed by atoms with Crippen LogP contribution < -0.4 is 0 Å². The highest BCUT2D eigenvalue weighted by molar-refractivity contribution is 8.48. The molecule has 0 saturated heterocycles. The lowest BCUT2D eigenvalue weighted by atomic mass is 8.16. The summed E-state index contributed by atoms with van der Waals surface area (Å²) in [6, 6.07) is 0. The molecule has 0 aromatic heterocycles. The van der Waals surface area contributed by atoms with Crippen LogP contribution in [0.1, 0.15) is 0 Å². The standard InChI is InChI=1S/B137H139/c1-70-105(71(2)3)122(104(68)69)131(123(106(72(4)5)73(6)7)107(74(8)9)75(10)11)135(130(120(100(60)61)101(62)63)121(102(64)65)103(66)67)137(134(128(116(92(44)45)93(46)47)117(94(48)49)95(50)51)129(118(96(52)53)97(54)55)119(98(56)57)99(58)59)136(132(124(108(76(12)13)77(14)15)109(78(16)17)79(18)19)125(110(80(20)21)81(22)23)111(82(24)25)83(26)27)133(126(112(84(28)29)85(30)31)113(86(32)33)87(34)35)127(114(88(36)37)89(38)39)115(90(40)41)91(42)43/h70H,1-69H2. The molecule has 0 rings (SSSR count). The first kappa shape index (κ1) is 146. The fourth-order valence-corrected chi connectivity index (χ4v) is 40.5. The van der Waals surface area contributed by atoms with E-state index in [4.69, 9.17) is 0 Å². The summed E-state index contributed by atoms with van der Waals surface area (Å²) in [5, 5.41) is 0. The second-order valence-electron chi connectivity index (χ2n) is 61.8. The van der Waals surface area contributed by atoms with Crippen LogP contribution in [0.25, 0.3) is 0 Å². The van der Waals surface area contributed by atoms with E-state index in [9.17, 15) is 0 Å². The summed E-state index contributed by atoms with van der Waals surface area (Å²) < 4.78 is 0. The van der Waals surface area contributed by atoms with Gasteiger partial charge in [-0.05, 0) is 0 Å². The first-order valence-electron chi connectivity index (χ1n) is 62.4. The van der Waals surface area contributed by atoms with Gasteiger partial charge in [0.1, 0.15) is 0 Å². The molecule has 137 heavy (non-hydrogen) atoms. The lowest BCUT2D eigenvalue weighted by Gasteiger charge is -2.65. The Bertz CT molecular complexity index is 2390. The second kappa shape index (κ2) is 67.5. The van der Waals surface area contributed by atoms with Gasteiger partial charge in [0.25, 0.3) is 0 Å². The van der Waals surface area contributed by atoms with Crippen molar-refractivity contribution in [2.45, 2.75) is 0 Å². The van der Waals surface area contributed by atoms with Crippen LogP contribution in [0.5, 0.6) is 0 Å². The molecule has 0 saturated carbocycles. The number of hydrogen-bond acceptors (Lipinski definition) is 0. The Morgan fingerprint density at radius 2 is 0.117 bits per heavy atom. The summed E-state index contributed by atoms with van der Waals surface area (Å²) in [5.41, 5.74) is 0. The van der Waals surface area contributed by atoms with Crippen molar-refractivity contribution in [3.8, 4) is 0 Å². The van der Waals surface area contributed by atoms with Crippen molar-refractivity contribution in [1.29, 1.82) is 0 Å². The third kappa shape index (κ3) is 39.2. The minimum Gasteiger partial charge on any atom is 0.0000000932 e. The summed E-state index contributed by atoms with van der Waals surface area (Å²) in [6.07, 6.45) is 29.2. The van der Waals surface area contributed by atoms with Gasteiger partial charge in [-0.1, -0.05) is 0 Å². The zero-order valence-electron chi connectivity index (χ0n) is 108. The van der Waals surface area contributed by atoms with E-state index < -0.39 is 0 Å². The molecule has 0 aliphatic carbocycles. The minimum atomic E-state index is 0.262. The third-order valence-corrected chi connectivity index (χ3v) is 41.0.